The second-order valence-electron chi connectivity index (χ2n) is 10.3. The molecule has 2 saturated carbocycles. The Morgan fingerprint density at radius 2 is 1.52 bits per heavy atom. The van der Waals surface area contributed by atoms with Gasteiger partial charge in [0.15, 0.2) is 0 Å². The molecular formula is C27H48O4. The highest BCUT2D eigenvalue weighted by Crippen LogP contribution is 2.43. The van der Waals surface area contributed by atoms with Crippen molar-refractivity contribution in [2.45, 2.75) is 96.8 Å². The number of carbonyl (C=O) groups is 1. The third-order valence-electron chi connectivity index (χ3n) is 7.98. The average molecular weight is 437 g/mol. The van der Waals surface area contributed by atoms with Crippen LogP contribution in [0.15, 0.2) is 12.2 Å². The van der Waals surface area contributed by atoms with E-state index in [1.165, 1.54) is 83.5 Å². The molecule has 0 spiro atoms. The Kier molecular flexibility index (Phi) is 12.8. The Morgan fingerprint density at radius 3 is 2.03 bits per heavy atom. The number of unbranched alkanes of at least 4 members (excludes halogenated alkanes) is 2. The van der Waals surface area contributed by atoms with E-state index in [1.54, 1.807) is 7.11 Å². The molecule has 0 amide bonds. The van der Waals surface area contributed by atoms with Crippen molar-refractivity contribution >= 4 is 5.97 Å². The minimum absolute atomic E-state index is 0.115. The summed E-state index contributed by atoms with van der Waals surface area (Å²) >= 11 is 0. The van der Waals surface area contributed by atoms with E-state index >= 15 is 0 Å². The Labute approximate surface area is 191 Å². The number of hydrogen-bond acceptors (Lipinski definition) is 4. The van der Waals surface area contributed by atoms with E-state index in [2.05, 4.69) is 13.5 Å². The van der Waals surface area contributed by atoms with Gasteiger partial charge in [-0.3, -0.25) is 0 Å². The van der Waals surface area contributed by atoms with Crippen molar-refractivity contribution < 1.29 is 19.4 Å². The largest absolute Gasteiger partial charge is 0.462 e. The fraction of sp³-hybridized carbons (Fsp3) is 0.889. The molecular weight excluding hydrogens is 388 g/mol. The molecule has 0 aromatic carbocycles. The van der Waals surface area contributed by atoms with Gasteiger partial charge in [-0.15, -0.1) is 0 Å². The molecule has 0 radical (unpaired) electrons. The molecule has 1 N–H and O–H groups in total. The van der Waals surface area contributed by atoms with Crippen molar-refractivity contribution in [2.75, 3.05) is 26.9 Å². The zero-order valence-electron chi connectivity index (χ0n) is 20.3. The predicted molar refractivity (Wildman–Crippen MR) is 127 cm³/mol. The second-order valence-corrected chi connectivity index (χ2v) is 10.3. The average Bonchev–Trinajstić information content (AvgIpc) is 2.81. The van der Waals surface area contributed by atoms with E-state index in [0.717, 1.165) is 30.1 Å². The zero-order chi connectivity index (χ0) is 22.5. The van der Waals surface area contributed by atoms with E-state index in [1.807, 2.05) is 0 Å². The summed E-state index contributed by atoms with van der Waals surface area (Å²) in [6, 6.07) is 0. The topological polar surface area (TPSA) is 55.8 Å². The lowest BCUT2D eigenvalue weighted by atomic mass is 9.68. The standard InChI is InChI=1S/C27H48O4/c1-4-5-6-7-22-10-14-25(15-11-22)26-16-12-23(13-17-26)8-9-24(19-30-3)20-31-27(29)21(2)18-28/h22-26,28H,2,4-20H2,1,3H3. The molecule has 2 aliphatic carbocycles. The fourth-order valence-electron chi connectivity index (χ4n) is 5.86. The Hall–Kier alpha value is -0.870. The normalized spacial score (nSPS) is 27.6. The number of carbonyl (C=O) groups excluding carboxylic acids is 1. The number of hydrogen-bond donors (Lipinski definition) is 1. The lowest BCUT2D eigenvalue weighted by Gasteiger charge is -2.38. The zero-order valence-corrected chi connectivity index (χ0v) is 20.3. The molecule has 0 bridgehead atoms. The van der Waals surface area contributed by atoms with Gasteiger partial charge in [0.25, 0.3) is 0 Å². The quantitative estimate of drug-likeness (QED) is 0.197. The predicted octanol–water partition coefficient (Wildman–Crippen LogP) is 6.31. The van der Waals surface area contributed by atoms with E-state index in [9.17, 15) is 4.79 Å². The molecule has 0 aliphatic heterocycles. The molecule has 31 heavy (non-hydrogen) atoms. The van der Waals surface area contributed by atoms with E-state index in [0.29, 0.717) is 13.2 Å². The maximum absolute atomic E-state index is 11.7. The molecule has 180 valence electrons. The molecule has 1 unspecified atom stereocenters. The first-order valence-corrected chi connectivity index (χ1v) is 13.0. The van der Waals surface area contributed by atoms with Crippen LogP contribution in [0.3, 0.4) is 0 Å². The third kappa shape index (κ3) is 9.65. The number of ether oxygens (including phenoxy) is 2. The van der Waals surface area contributed by atoms with Crippen LogP contribution < -0.4 is 0 Å². The van der Waals surface area contributed by atoms with Crippen molar-refractivity contribution in [3.05, 3.63) is 12.2 Å². The van der Waals surface area contributed by atoms with E-state index in [-0.39, 0.29) is 18.1 Å². The summed E-state index contributed by atoms with van der Waals surface area (Å²) in [4.78, 5) is 11.7. The SMILES string of the molecule is C=C(CO)C(=O)OCC(CCC1CCC(C2CCC(CCCCC)CC2)CC1)COC. The Balaban J connectivity index is 1.63. The number of esters is 1. The molecule has 0 saturated heterocycles. The Morgan fingerprint density at radius 1 is 0.935 bits per heavy atom. The molecule has 0 aromatic heterocycles. The number of rotatable bonds is 14. The lowest BCUT2D eigenvalue weighted by Crippen LogP contribution is -2.26. The van der Waals surface area contributed by atoms with E-state index < -0.39 is 5.97 Å². The van der Waals surface area contributed by atoms with Gasteiger partial charge >= 0.3 is 5.97 Å². The first-order chi connectivity index (χ1) is 15.1. The number of aliphatic hydroxyl groups excluding tert-OH is 1. The van der Waals surface area contributed by atoms with Gasteiger partial charge in [-0.05, 0) is 62.2 Å². The Bertz CT molecular complexity index is 501. The molecule has 0 aromatic rings. The summed E-state index contributed by atoms with van der Waals surface area (Å²) in [5, 5.41) is 8.99. The highest BCUT2D eigenvalue weighted by molar-refractivity contribution is 5.87. The molecule has 2 aliphatic rings. The molecule has 2 rings (SSSR count). The lowest BCUT2D eigenvalue weighted by molar-refractivity contribution is -0.141. The van der Waals surface area contributed by atoms with Crippen molar-refractivity contribution in [1.82, 2.24) is 0 Å². The van der Waals surface area contributed by atoms with Crippen LogP contribution in [0.5, 0.6) is 0 Å². The van der Waals surface area contributed by atoms with Crippen molar-refractivity contribution in [3.8, 4) is 0 Å². The van der Waals surface area contributed by atoms with Crippen LogP contribution in [0.2, 0.25) is 0 Å². The van der Waals surface area contributed by atoms with Crippen molar-refractivity contribution in [3.63, 3.8) is 0 Å². The summed E-state index contributed by atoms with van der Waals surface area (Å²) < 4.78 is 10.6. The minimum atomic E-state index is -0.496. The van der Waals surface area contributed by atoms with Crippen LogP contribution in [0.25, 0.3) is 0 Å². The first kappa shape index (κ1) is 26.4. The van der Waals surface area contributed by atoms with Gasteiger partial charge in [-0.2, -0.15) is 0 Å². The van der Waals surface area contributed by atoms with E-state index in [4.69, 9.17) is 14.6 Å². The number of methoxy groups -OCH3 is 1. The molecule has 4 heteroatoms. The first-order valence-electron chi connectivity index (χ1n) is 13.0. The summed E-state index contributed by atoms with van der Waals surface area (Å²) in [5.41, 5.74) is 0.115. The molecule has 0 heterocycles. The van der Waals surface area contributed by atoms with Gasteiger partial charge in [0.1, 0.15) is 0 Å². The van der Waals surface area contributed by atoms with Gasteiger partial charge in [0.2, 0.25) is 0 Å². The van der Waals surface area contributed by atoms with Gasteiger partial charge in [0.05, 0.1) is 25.4 Å². The van der Waals surface area contributed by atoms with Crippen molar-refractivity contribution in [2.24, 2.45) is 29.6 Å². The fourth-order valence-corrected chi connectivity index (χ4v) is 5.86. The molecule has 4 nitrogen and oxygen atoms in total. The van der Waals surface area contributed by atoms with Crippen LogP contribution >= 0.6 is 0 Å². The maximum atomic E-state index is 11.7. The van der Waals surface area contributed by atoms with Crippen LogP contribution in [0, 0.1) is 29.6 Å². The maximum Gasteiger partial charge on any atom is 0.335 e. The van der Waals surface area contributed by atoms with Gasteiger partial charge in [-0.25, -0.2) is 4.79 Å². The highest BCUT2D eigenvalue weighted by atomic mass is 16.5. The van der Waals surface area contributed by atoms with Gasteiger partial charge in [-0.1, -0.05) is 64.9 Å². The monoisotopic (exact) mass is 436 g/mol. The molecule has 1 atom stereocenters. The smallest absolute Gasteiger partial charge is 0.335 e. The summed E-state index contributed by atoms with van der Waals surface area (Å²) in [5.74, 6) is 3.51. The van der Waals surface area contributed by atoms with Gasteiger partial charge in [0, 0.05) is 13.0 Å². The third-order valence-corrected chi connectivity index (χ3v) is 7.98. The van der Waals surface area contributed by atoms with Crippen LogP contribution in [0.1, 0.15) is 96.8 Å². The van der Waals surface area contributed by atoms with Crippen molar-refractivity contribution in [1.29, 1.82) is 0 Å². The highest BCUT2D eigenvalue weighted by Gasteiger charge is 2.31. The van der Waals surface area contributed by atoms with Crippen LogP contribution in [-0.2, 0) is 14.3 Å². The van der Waals surface area contributed by atoms with Crippen LogP contribution in [-0.4, -0.2) is 38.0 Å². The van der Waals surface area contributed by atoms with Crippen LogP contribution in [0.4, 0.5) is 0 Å². The number of aliphatic hydroxyl groups is 1. The molecule has 2 fully saturated rings. The minimum Gasteiger partial charge on any atom is -0.462 e. The summed E-state index contributed by atoms with van der Waals surface area (Å²) in [6.45, 7) is 6.44. The summed E-state index contributed by atoms with van der Waals surface area (Å²) in [6.07, 6.45) is 19.4. The summed E-state index contributed by atoms with van der Waals surface area (Å²) in [7, 11) is 1.70. The van der Waals surface area contributed by atoms with Gasteiger partial charge < -0.3 is 14.6 Å². The second kappa shape index (κ2) is 15.1.